The standard InChI is InChI=1S/C20H27NO2S/c1-13-5-7-14(8-6-13)24(22,23)21-11-16-19(4)10-9-15-17(18(15,2)3)20(16,19)12-21/h5-8,15-17H,9-12H2,1-4H3/t15-,16+,17+,19+,20?/m1/s1. The van der Waals surface area contributed by atoms with Crippen LogP contribution in [-0.4, -0.2) is 25.8 Å². The van der Waals surface area contributed by atoms with E-state index >= 15 is 0 Å². The van der Waals surface area contributed by atoms with E-state index in [2.05, 4.69) is 20.8 Å². The number of aryl methyl sites for hydroxylation is 1. The summed E-state index contributed by atoms with van der Waals surface area (Å²) in [5.41, 5.74) is 2.16. The summed E-state index contributed by atoms with van der Waals surface area (Å²) in [6, 6.07) is 7.31. The van der Waals surface area contributed by atoms with Crippen LogP contribution in [0.5, 0.6) is 0 Å². The van der Waals surface area contributed by atoms with E-state index in [0.29, 0.717) is 21.6 Å². The average molecular weight is 346 g/mol. The minimum absolute atomic E-state index is 0.261. The maximum absolute atomic E-state index is 13.1. The van der Waals surface area contributed by atoms with E-state index in [1.54, 1.807) is 16.4 Å². The summed E-state index contributed by atoms with van der Waals surface area (Å²) in [6.45, 7) is 10.7. The van der Waals surface area contributed by atoms with Crippen molar-refractivity contribution in [1.82, 2.24) is 4.31 Å². The largest absolute Gasteiger partial charge is 0.243 e. The highest BCUT2D eigenvalue weighted by Gasteiger charge is 2.88. The molecule has 3 nitrogen and oxygen atoms in total. The lowest BCUT2D eigenvalue weighted by atomic mass is 9.80. The smallest absolute Gasteiger partial charge is 0.207 e. The Kier molecular flexibility index (Phi) is 2.62. The molecule has 1 aromatic carbocycles. The highest BCUT2D eigenvalue weighted by Crippen LogP contribution is 2.90. The number of hydrogen-bond donors (Lipinski definition) is 0. The Balaban J connectivity index is 1.48. The van der Waals surface area contributed by atoms with Crippen molar-refractivity contribution in [3.63, 3.8) is 0 Å². The van der Waals surface area contributed by atoms with Crippen LogP contribution in [0, 0.1) is 40.9 Å². The molecule has 1 spiro atoms. The van der Waals surface area contributed by atoms with Gasteiger partial charge in [-0.05, 0) is 65.9 Å². The van der Waals surface area contributed by atoms with Gasteiger partial charge in [-0.25, -0.2) is 8.42 Å². The normalized spacial score (nSPS) is 45.2. The van der Waals surface area contributed by atoms with Crippen molar-refractivity contribution in [2.24, 2.45) is 34.0 Å². The van der Waals surface area contributed by atoms with Crippen LogP contribution in [0.15, 0.2) is 29.2 Å². The van der Waals surface area contributed by atoms with Gasteiger partial charge in [0.25, 0.3) is 0 Å². The van der Waals surface area contributed by atoms with Gasteiger partial charge < -0.3 is 0 Å². The summed E-state index contributed by atoms with van der Waals surface area (Å²) in [5, 5.41) is 0. The Morgan fingerprint density at radius 1 is 1.12 bits per heavy atom. The number of hydrogen-bond acceptors (Lipinski definition) is 2. The molecule has 0 radical (unpaired) electrons. The van der Waals surface area contributed by atoms with E-state index in [9.17, 15) is 8.42 Å². The van der Waals surface area contributed by atoms with E-state index in [1.165, 1.54) is 12.8 Å². The average Bonchev–Trinajstić information content (AvgIpc) is 3.15. The zero-order valence-electron chi connectivity index (χ0n) is 15.0. The van der Waals surface area contributed by atoms with Gasteiger partial charge in [-0.3, -0.25) is 0 Å². The van der Waals surface area contributed by atoms with Crippen molar-refractivity contribution in [2.75, 3.05) is 13.1 Å². The Hall–Kier alpha value is -0.870. The summed E-state index contributed by atoms with van der Waals surface area (Å²) < 4.78 is 28.0. The number of piperidine rings is 1. The predicted molar refractivity (Wildman–Crippen MR) is 94.0 cm³/mol. The second kappa shape index (κ2) is 4.09. The summed E-state index contributed by atoms with van der Waals surface area (Å²) in [6.07, 6.45) is 2.64. The molecule has 5 atom stereocenters. The van der Waals surface area contributed by atoms with Gasteiger partial charge in [0.2, 0.25) is 10.0 Å². The molecule has 5 rings (SSSR count). The van der Waals surface area contributed by atoms with E-state index in [4.69, 9.17) is 0 Å². The van der Waals surface area contributed by atoms with Gasteiger partial charge >= 0.3 is 0 Å². The fourth-order valence-corrected chi connectivity index (χ4v) is 8.50. The van der Waals surface area contributed by atoms with Crippen LogP contribution >= 0.6 is 0 Å². The lowest BCUT2D eigenvalue weighted by molar-refractivity contribution is 0.198. The molecule has 3 aliphatic carbocycles. The van der Waals surface area contributed by atoms with Gasteiger partial charge in [0.15, 0.2) is 0 Å². The third kappa shape index (κ3) is 1.52. The quantitative estimate of drug-likeness (QED) is 0.820. The van der Waals surface area contributed by atoms with Gasteiger partial charge in [-0.15, -0.1) is 0 Å². The summed E-state index contributed by atoms with van der Waals surface area (Å²) >= 11 is 0. The summed E-state index contributed by atoms with van der Waals surface area (Å²) in [4.78, 5) is 0.454. The van der Waals surface area contributed by atoms with Crippen LogP contribution in [0.3, 0.4) is 0 Å². The van der Waals surface area contributed by atoms with Gasteiger partial charge in [-0.1, -0.05) is 38.5 Å². The molecule has 1 aliphatic heterocycles. The second-order valence-electron chi connectivity index (χ2n) is 9.57. The first-order valence-electron chi connectivity index (χ1n) is 9.22. The maximum atomic E-state index is 13.1. The first-order valence-corrected chi connectivity index (χ1v) is 10.7. The lowest BCUT2D eigenvalue weighted by Gasteiger charge is -2.31. The van der Waals surface area contributed by atoms with Crippen molar-refractivity contribution in [1.29, 1.82) is 0 Å². The fourth-order valence-electron chi connectivity index (χ4n) is 6.99. The van der Waals surface area contributed by atoms with Gasteiger partial charge in [-0.2, -0.15) is 4.31 Å². The van der Waals surface area contributed by atoms with E-state index in [-0.39, 0.29) is 5.41 Å². The molecule has 130 valence electrons. The fraction of sp³-hybridized carbons (Fsp3) is 0.700. The van der Waals surface area contributed by atoms with Crippen LogP contribution in [0.25, 0.3) is 0 Å². The van der Waals surface area contributed by atoms with E-state index in [1.807, 2.05) is 19.1 Å². The van der Waals surface area contributed by atoms with Gasteiger partial charge in [0.05, 0.1) is 4.90 Å². The Bertz CT molecular complexity index is 828. The van der Waals surface area contributed by atoms with E-state index in [0.717, 1.165) is 30.5 Å². The van der Waals surface area contributed by atoms with Crippen LogP contribution in [0.2, 0.25) is 0 Å². The highest BCUT2D eigenvalue weighted by molar-refractivity contribution is 7.89. The lowest BCUT2D eigenvalue weighted by Crippen LogP contribution is -2.37. The second-order valence-corrected chi connectivity index (χ2v) is 11.5. The molecule has 4 fully saturated rings. The van der Waals surface area contributed by atoms with Crippen molar-refractivity contribution in [3.05, 3.63) is 29.8 Å². The zero-order chi connectivity index (χ0) is 17.1. The molecule has 0 bridgehead atoms. The van der Waals surface area contributed by atoms with Gasteiger partial charge in [0.1, 0.15) is 0 Å². The molecule has 3 saturated carbocycles. The molecular formula is C20H27NO2S. The number of rotatable bonds is 2. The summed E-state index contributed by atoms with van der Waals surface area (Å²) in [5.74, 6) is 2.12. The first-order chi connectivity index (χ1) is 11.2. The van der Waals surface area contributed by atoms with Crippen LogP contribution in [-0.2, 0) is 10.0 Å². The van der Waals surface area contributed by atoms with Crippen molar-refractivity contribution >= 4 is 10.0 Å². The number of benzene rings is 1. The maximum Gasteiger partial charge on any atom is 0.243 e. The zero-order valence-corrected chi connectivity index (χ0v) is 15.9. The number of fused-ring (bicyclic) bond motifs is 2. The van der Waals surface area contributed by atoms with Crippen molar-refractivity contribution < 1.29 is 8.42 Å². The minimum Gasteiger partial charge on any atom is -0.207 e. The third-order valence-corrected chi connectivity index (χ3v) is 10.3. The first kappa shape index (κ1) is 15.4. The Morgan fingerprint density at radius 3 is 2.46 bits per heavy atom. The Labute approximate surface area is 145 Å². The minimum atomic E-state index is -3.35. The number of sulfonamides is 1. The monoisotopic (exact) mass is 345 g/mol. The number of nitrogens with zero attached hydrogens (tertiary/aromatic N) is 1. The third-order valence-electron chi connectivity index (χ3n) is 8.43. The SMILES string of the molecule is Cc1ccc(S(=O)(=O)N2C[C@@H]3C4(C2)[C@H]2[C@@H](CC[C@@]34C)C2(C)C)cc1. The van der Waals surface area contributed by atoms with Crippen molar-refractivity contribution in [2.45, 2.75) is 45.4 Å². The molecule has 4 heteroatoms. The highest BCUT2D eigenvalue weighted by atomic mass is 32.2. The van der Waals surface area contributed by atoms with Crippen molar-refractivity contribution in [3.8, 4) is 0 Å². The molecule has 0 aromatic heterocycles. The molecule has 1 heterocycles. The molecule has 1 saturated heterocycles. The Morgan fingerprint density at radius 2 is 1.79 bits per heavy atom. The van der Waals surface area contributed by atoms with E-state index < -0.39 is 10.0 Å². The molecule has 0 N–H and O–H groups in total. The molecular weight excluding hydrogens is 318 g/mol. The van der Waals surface area contributed by atoms with Gasteiger partial charge in [0, 0.05) is 13.1 Å². The predicted octanol–water partition coefficient (Wildman–Crippen LogP) is 3.69. The topological polar surface area (TPSA) is 37.4 Å². The molecule has 1 unspecified atom stereocenters. The molecule has 4 aliphatic rings. The molecule has 24 heavy (non-hydrogen) atoms. The van der Waals surface area contributed by atoms with Crippen LogP contribution in [0.1, 0.15) is 39.2 Å². The van der Waals surface area contributed by atoms with Crippen LogP contribution < -0.4 is 0 Å². The molecule has 0 amide bonds. The van der Waals surface area contributed by atoms with Crippen LogP contribution in [0.4, 0.5) is 0 Å². The molecule has 1 aromatic rings. The summed E-state index contributed by atoms with van der Waals surface area (Å²) in [7, 11) is -3.35.